The lowest BCUT2D eigenvalue weighted by atomic mass is 10.1. The van der Waals surface area contributed by atoms with Gasteiger partial charge in [-0.25, -0.2) is 0 Å². The van der Waals surface area contributed by atoms with Gasteiger partial charge in [-0.15, -0.1) is 11.3 Å². The zero-order valence-corrected chi connectivity index (χ0v) is 14.1. The Morgan fingerprint density at radius 3 is 2.64 bits per heavy atom. The molecule has 0 spiro atoms. The molecule has 0 fully saturated rings. The van der Waals surface area contributed by atoms with Crippen LogP contribution in [0.15, 0.2) is 4.52 Å². The number of hydrogen-bond donors (Lipinski definition) is 1. The molecule has 116 valence electrons. The van der Waals surface area contributed by atoms with E-state index in [1.807, 2.05) is 27.7 Å². The van der Waals surface area contributed by atoms with Crippen molar-refractivity contribution >= 4 is 22.2 Å². The van der Waals surface area contributed by atoms with Crippen LogP contribution in [0.1, 0.15) is 46.4 Å². The van der Waals surface area contributed by atoms with Gasteiger partial charge in [-0.1, -0.05) is 12.1 Å². The summed E-state index contributed by atoms with van der Waals surface area (Å²) in [6.07, 6.45) is 1.71. The predicted octanol–water partition coefficient (Wildman–Crippen LogP) is 3.67. The second-order valence-corrected chi connectivity index (χ2v) is 6.38. The molecule has 0 saturated carbocycles. The van der Waals surface area contributed by atoms with Crippen LogP contribution >= 0.6 is 11.3 Å². The van der Waals surface area contributed by atoms with Crippen molar-refractivity contribution in [3.8, 4) is 6.07 Å². The second kappa shape index (κ2) is 6.75. The molecule has 6 heteroatoms. The van der Waals surface area contributed by atoms with Crippen LogP contribution in [0.2, 0.25) is 0 Å². The summed E-state index contributed by atoms with van der Waals surface area (Å²) in [7, 11) is 0. The number of carbonyl (C=O) groups excluding carboxylic acids is 1. The summed E-state index contributed by atoms with van der Waals surface area (Å²) in [5, 5.41) is 16.7. The molecular weight excluding hydrogens is 298 g/mol. The van der Waals surface area contributed by atoms with Crippen LogP contribution in [0.5, 0.6) is 0 Å². The molecule has 1 N–H and O–H groups in total. The zero-order chi connectivity index (χ0) is 16.3. The summed E-state index contributed by atoms with van der Waals surface area (Å²) in [6.45, 7) is 7.70. The molecule has 0 aromatic carbocycles. The third-order valence-corrected chi connectivity index (χ3v) is 4.77. The van der Waals surface area contributed by atoms with Crippen LogP contribution < -0.4 is 5.32 Å². The number of nitriles is 1. The smallest absolute Gasteiger partial charge is 0.225 e. The van der Waals surface area contributed by atoms with E-state index >= 15 is 0 Å². The summed E-state index contributed by atoms with van der Waals surface area (Å²) in [4.78, 5) is 13.2. The van der Waals surface area contributed by atoms with Crippen LogP contribution in [0, 0.1) is 32.1 Å². The number of thiophene rings is 1. The summed E-state index contributed by atoms with van der Waals surface area (Å²) < 4.78 is 5.09. The molecule has 5 nitrogen and oxygen atoms in total. The van der Waals surface area contributed by atoms with Crippen molar-refractivity contribution in [2.75, 3.05) is 5.32 Å². The monoisotopic (exact) mass is 317 g/mol. The largest absolute Gasteiger partial charge is 0.361 e. The molecule has 0 radical (unpaired) electrons. The predicted molar refractivity (Wildman–Crippen MR) is 86.1 cm³/mol. The quantitative estimate of drug-likeness (QED) is 0.912. The number of nitrogens with one attached hydrogen (secondary N) is 1. The number of anilines is 1. The summed E-state index contributed by atoms with van der Waals surface area (Å²) in [6, 6.07) is 2.20. The molecule has 0 atom stereocenters. The number of nitrogens with zero attached hydrogens (tertiary/aromatic N) is 2. The van der Waals surface area contributed by atoms with E-state index in [4.69, 9.17) is 4.52 Å². The summed E-state index contributed by atoms with van der Waals surface area (Å²) in [5.74, 6) is 0.656. The van der Waals surface area contributed by atoms with Crippen molar-refractivity contribution in [2.45, 2.75) is 47.0 Å². The van der Waals surface area contributed by atoms with Crippen molar-refractivity contribution in [3.05, 3.63) is 33.0 Å². The van der Waals surface area contributed by atoms with E-state index < -0.39 is 0 Å². The van der Waals surface area contributed by atoms with Gasteiger partial charge in [-0.2, -0.15) is 5.26 Å². The van der Waals surface area contributed by atoms with Gasteiger partial charge in [-0.3, -0.25) is 4.79 Å². The van der Waals surface area contributed by atoms with E-state index in [-0.39, 0.29) is 5.91 Å². The Morgan fingerprint density at radius 2 is 2.09 bits per heavy atom. The zero-order valence-electron chi connectivity index (χ0n) is 13.2. The molecule has 2 aromatic rings. The van der Waals surface area contributed by atoms with E-state index in [1.54, 1.807) is 0 Å². The lowest BCUT2D eigenvalue weighted by Crippen LogP contribution is -2.12. The first kappa shape index (κ1) is 16.2. The molecule has 2 aromatic heterocycles. The number of aromatic nitrogens is 1. The second-order valence-electron chi connectivity index (χ2n) is 5.16. The molecule has 0 aliphatic heterocycles. The molecule has 0 aliphatic rings. The molecule has 2 heterocycles. The fourth-order valence-electron chi connectivity index (χ4n) is 2.50. The maximum atomic E-state index is 12.1. The minimum Gasteiger partial charge on any atom is -0.361 e. The van der Waals surface area contributed by atoms with Crippen LogP contribution in [0.4, 0.5) is 5.00 Å². The first-order valence-electron chi connectivity index (χ1n) is 7.21. The fourth-order valence-corrected chi connectivity index (χ4v) is 3.61. The number of carbonyl (C=O) groups is 1. The highest BCUT2D eigenvalue weighted by Gasteiger charge is 2.17. The van der Waals surface area contributed by atoms with Crippen LogP contribution in [-0.2, 0) is 17.6 Å². The Hall–Kier alpha value is -2.13. The lowest BCUT2D eigenvalue weighted by molar-refractivity contribution is -0.116. The number of aryl methyl sites for hydroxylation is 3. The normalized spacial score (nSPS) is 10.5. The Morgan fingerprint density at radius 1 is 1.36 bits per heavy atom. The van der Waals surface area contributed by atoms with Gasteiger partial charge >= 0.3 is 0 Å². The molecule has 0 bridgehead atoms. The van der Waals surface area contributed by atoms with Crippen molar-refractivity contribution in [3.63, 3.8) is 0 Å². The third kappa shape index (κ3) is 3.20. The highest BCUT2D eigenvalue weighted by atomic mass is 32.1. The molecular formula is C16H19N3O2S. The maximum absolute atomic E-state index is 12.1. The molecule has 1 amide bonds. The SMILES string of the molecule is CCc1c(C)sc(NC(=O)CCc2c(C)noc2C)c1C#N. The van der Waals surface area contributed by atoms with E-state index in [0.717, 1.165) is 33.9 Å². The molecule has 0 aliphatic carbocycles. The van der Waals surface area contributed by atoms with Gasteiger partial charge < -0.3 is 9.84 Å². The maximum Gasteiger partial charge on any atom is 0.225 e. The van der Waals surface area contributed by atoms with Gasteiger partial charge in [0.15, 0.2) is 0 Å². The lowest BCUT2D eigenvalue weighted by Gasteiger charge is -2.03. The number of amides is 1. The summed E-state index contributed by atoms with van der Waals surface area (Å²) >= 11 is 1.46. The summed E-state index contributed by atoms with van der Waals surface area (Å²) in [5.41, 5.74) is 3.42. The van der Waals surface area contributed by atoms with Crippen LogP contribution in [0.25, 0.3) is 0 Å². The van der Waals surface area contributed by atoms with E-state index in [0.29, 0.717) is 23.4 Å². The van der Waals surface area contributed by atoms with Gasteiger partial charge in [0.1, 0.15) is 16.8 Å². The van der Waals surface area contributed by atoms with Crippen molar-refractivity contribution in [1.29, 1.82) is 5.26 Å². The van der Waals surface area contributed by atoms with E-state index in [1.165, 1.54) is 11.3 Å². The van der Waals surface area contributed by atoms with Gasteiger partial charge in [-0.05, 0) is 39.2 Å². The molecule has 2 rings (SSSR count). The minimum atomic E-state index is -0.0968. The fraction of sp³-hybridized carbons (Fsp3) is 0.438. The first-order chi connectivity index (χ1) is 10.5. The van der Waals surface area contributed by atoms with Crippen molar-refractivity contribution < 1.29 is 9.32 Å². The van der Waals surface area contributed by atoms with Gasteiger partial charge in [0, 0.05) is 16.9 Å². The molecule has 22 heavy (non-hydrogen) atoms. The molecule has 0 unspecified atom stereocenters. The van der Waals surface area contributed by atoms with Gasteiger partial charge in [0.25, 0.3) is 0 Å². The van der Waals surface area contributed by atoms with Crippen molar-refractivity contribution in [2.24, 2.45) is 0 Å². The first-order valence-corrected chi connectivity index (χ1v) is 8.03. The van der Waals surface area contributed by atoms with E-state index in [2.05, 4.69) is 16.5 Å². The van der Waals surface area contributed by atoms with Gasteiger partial charge in [0.05, 0.1) is 11.3 Å². The van der Waals surface area contributed by atoms with E-state index in [9.17, 15) is 10.1 Å². The number of rotatable bonds is 5. The minimum absolute atomic E-state index is 0.0968. The topological polar surface area (TPSA) is 78.9 Å². The van der Waals surface area contributed by atoms with Crippen LogP contribution in [0.3, 0.4) is 0 Å². The standard InChI is InChI=1S/C16H19N3O2S/c1-5-12-11(4)22-16(14(12)8-17)18-15(20)7-6-13-9(2)19-21-10(13)3/h5-7H2,1-4H3,(H,18,20). The third-order valence-electron chi connectivity index (χ3n) is 3.71. The average Bonchev–Trinajstić information content (AvgIpc) is 2.96. The van der Waals surface area contributed by atoms with Crippen molar-refractivity contribution in [1.82, 2.24) is 5.16 Å². The Labute approximate surface area is 133 Å². The number of hydrogen-bond acceptors (Lipinski definition) is 5. The Balaban J connectivity index is 2.06. The molecule has 0 saturated heterocycles. The average molecular weight is 317 g/mol. The van der Waals surface area contributed by atoms with Crippen LogP contribution in [-0.4, -0.2) is 11.1 Å². The Kier molecular flexibility index (Phi) is 4.99. The highest BCUT2D eigenvalue weighted by molar-refractivity contribution is 7.16. The highest BCUT2D eigenvalue weighted by Crippen LogP contribution is 2.32. The Bertz CT molecular complexity index is 718. The van der Waals surface area contributed by atoms with Gasteiger partial charge in [0.2, 0.25) is 5.91 Å².